The Labute approximate surface area is 117 Å². The first kappa shape index (κ1) is 14.1. The quantitative estimate of drug-likeness (QED) is 0.526. The molecule has 7 heteroatoms. The number of pyridine rings is 1. The molecule has 1 aliphatic heterocycles. The zero-order valence-corrected chi connectivity index (χ0v) is 11.6. The third-order valence-corrected chi connectivity index (χ3v) is 3.98. The Hall–Kier alpha value is -1.31. The van der Waals surface area contributed by atoms with E-state index in [0.717, 1.165) is 19.6 Å². The summed E-state index contributed by atoms with van der Waals surface area (Å²) in [5.41, 5.74) is 3.54. The molecule has 0 aliphatic carbocycles. The van der Waals surface area contributed by atoms with Gasteiger partial charge in [0.25, 0.3) is 5.91 Å². The van der Waals surface area contributed by atoms with Crippen molar-refractivity contribution in [2.24, 2.45) is 5.84 Å². The van der Waals surface area contributed by atoms with E-state index in [9.17, 15) is 4.79 Å². The molecule has 0 spiro atoms. The molecule has 0 saturated carbocycles. The number of nitrogens with one attached hydrogen (secondary N) is 2. The zero-order valence-electron chi connectivity index (χ0n) is 10.8. The molecule has 2 heterocycles. The Balaban J connectivity index is 1.80. The van der Waals surface area contributed by atoms with E-state index in [2.05, 4.69) is 20.6 Å². The summed E-state index contributed by atoms with van der Waals surface area (Å²) in [4.78, 5) is 18.3. The first-order chi connectivity index (χ1) is 9.31. The van der Waals surface area contributed by atoms with Gasteiger partial charge in [-0.1, -0.05) is 0 Å². The summed E-state index contributed by atoms with van der Waals surface area (Å²) >= 11 is 1.98. The van der Waals surface area contributed by atoms with Crippen LogP contribution in [-0.4, -0.2) is 53.5 Å². The monoisotopic (exact) mass is 281 g/mol. The molecule has 0 unspecified atom stereocenters. The molecule has 4 N–H and O–H groups in total. The number of anilines is 1. The van der Waals surface area contributed by atoms with E-state index in [4.69, 9.17) is 5.84 Å². The third-order valence-electron chi connectivity index (χ3n) is 3.04. The lowest BCUT2D eigenvalue weighted by Crippen LogP contribution is -2.39. The van der Waals surface area contributed by atoms with Crippen LogP contribution in [0.5, 0.6) is 0 Å². The molecule has 0 atom stereocenters. The van der Waals surface area contributed by atoms with Gasteiger partial charge in [0.15, 0.2) is 0 Å². The van der Waals surface area contributed by atoms with E-state index in [1.54, 1.807) is 12.3 Å². The maximum atomic E-state index is 12.0. The molecule has 0 bridgehead atoms. The Morgan fingerprint density at radius 1 is 1.47 bits per heavy atom. The van der Waals surface area contributed by atoms with E-state index in [-0.39, 0.29) is 5.91 Å². The standard InChI is InChI=1S/C12H19N5OS/c13-16-11-9-14-2-1-10(11)12(18)15-3-4-17-5-7-19-8-6-17/h1-2,9,16H,3-8,13H2,(H,15,18). The summed E-state index contributed by atoms with van der Waals surface area (Å²) in [7, 11) is 0. The second kappa shape index (κ2) is 7.32. The highest BCUT2D eigenvalue weighted by atomic mass is 32.2. The molecule has 1 aromatic heterocycles. The van der Waals surface area contributed by atoms with Crippen molar-refractivity contribution in [3.8, 4) is 0 Å². The number of nitrogens with two attached hydrogens (primary N) is 1. The van der Waals surface area contributed by atoms with Gasteiger partial charge in [0.1, 0.15) is 0 Å². The van der Waals surface area contributed by atoms with Crippen molar-refractivity contribution in [3.05, 3.63) is 24.0 Å². The first-order valence-electron chi connectivity index (χ1n) is 6.30. The van der Waals surface area contributed by atoms with Crippen molar-refractivity contribution in [2.45, 2.75) is 0 Å². The number of rotatable bonds is 5. The Kier molecular flexibility index (Phi) is 5.44. The molecule has 1 saturated heterocycles. The van der Waals surface area contributed by atoms with Crippen LogP contribution in [0.25, 0.3) is 0 Å². The topological polar surface area (TPSA) is 83.3 Å². The summed E-state index contributed by atoms with van der Waals surface area (Å²) in [6, 6.07) is 1.65. The molecule has 2 rings (SSSR count). The van der Waals surface area contributed by atoms with Crippen LogP contribution in [0.1, 0.15) is 10.4 Å². The smallest absolute Gasteiger partial charge is 0.253 e. The number of nitrogen functional groups attached to an aromatic ring is 1. The van der Waals surface area contributed by atoms with Gasteiger partial charge in [0.2, 0.25) is 0 Å². The summed E-state index contributed by atoms with van der Waals surface area (Å²) in [5.74, 6) is 7.59. The minimum atomic E-state index is -0.123. The molecule has 19 heavy (non-hydrogen) atoms. The van der Waals surface area contributed by atoms with Crippen LogP contribution in [0.3, 0.4) is 0 Å². The minimum Gasteiger partial charge on any atom is -0.351 e. The van der Waals surface area contributed by atoms with E-state index in [1.807, 2.05) is 11.8 Å². The second-order valence-corrected chi connectivity index (χ2v) is 5.50. The molecule has 0 radical (unpaired) electrons. The van der Waals surface area contributed by atoms with Crippen LogP contribution in [0, 0.1) is 0 Å². The lowest BCUT2D eigenvalue weighted by molar-refractivity contribution is 0.0949. The van der Waals surface area contributed by atoms with Crippen molar-refractivity contribution in [1.29, 1.82) is 0 Å². The fourth-order valence-corrected chi connectivity index (χ4v) is 2.93. The van der Waals surface area contributed by atoms with Gasteiger partial charge in [-0.2, -0.15) is 11.8 Å². The molecule has 104 valence electrons. The highest BCUT2D eigenvalue weighted by Gasteiger charge is 2.12. The van der Waals surface area contributed by atoms with Crippen molar-refractivity contribution < 1.29 is 4.79 Å². The fourth-order valence-electron chi connectivity index (χ4n) is 1.96. The largest absolute Gasteiger partial charge is 0.351 e. The molecule has 1 fully saturated rings. The first-order valence-corrected chi connectivity index (χ1v) is 7.45. The van der Waals surface area contributed by atoms with Gasteiger partial charge >= 0.3 is 0 Å². The van der Waals surface area contributed by atoms with Gasteiger partial charge in [0, 0.05) is 43.9 Å². The van der Waals surface area contributed by atoms with E-state index < -0.39 is 0 Å². The average Bonchev–Trinajstić information content (AvgIpc) is 2.48. The number of carbonyl (C=O) groups is 1. The molecule has 0 aromatic carbocycles. The van der Waals surface area contributed by atoms with Gasteiger partial charge < -0.3 is 10.7 Å². The highest BCUT2D eigenvalue weighted by Crippen LogP contribution is 2.11. The number of thioether (sulfide) groups is 1. The lowest BCUT2D eigenvalue weighted by atomic mass is 10.2. The fraction of sp³-hybridized carbons (Fsp3) is 0.500. The van der Waals surface area contributed by atoms with Crippen LogP contribution in [0.2, 0.25) is 0 Å². The van der Waals surface area contributed by atoms with Gasteiger partial charge in [-0.15, -0.1) is 0 Å². The van der Waals surface area contributed by atoms with Gasteiger partial charge in [0.05, 0.1) is 17.4 Å². The molecule has 6 nitrogen and oxygen atoms in total. The van der Waals surface area contributed by atoms with E-state index in [0.29, 0.717) is 17.8 Å². The number of nitrogens with zero attached hydrogens (tertiary/aromatic N) is 2. The van der Waals surface area contributed by atoms with Crippen molar-refractivity contribution >= 4 is 23.4 Å². The maximum absolute atomic E-state index is 12.0. The molecular formula is C12H19N5OS. The molecular weight excluding hydrogens is 262 g/mol. The summed E-state index contributed by atoms with van der Waals surface area (Å²) in [5, 5.41) is 2.91. The molecule has 1 amide bonds. The number of aromatic nitrogens is 1. The molecule has 1 aliphatic rings. The lowest BCUT2D eigenvalue weighted by Gasteiger charge is -2.26. The minimum absolute atomic E-state index is 0.123. The summed E-state index contributed by atoms with van der Waals surface area (Å²) < 4.78 is 0. The van der Waals surface area contributed by atoms with Gasteiger partial charge in [-0.05, 0) is 6.07 Å². The Bertz CT molecular complexity index is 422. The predicted octanol–water partition coefficient (Wildman–Crippen LogP) is 0.146. The Morgan fingerprint density at radius 2 is 2.26 bits per heavy atom. The van der Waals surface area contributed by atoms with E-state index in [1.165, 1.54) is 17.7 Å². The number of amides is 1. The average molecular weight is 281 g/mol. The van der Waals surface area contributed by atoms with Crippen LogP contribution in [0.4, 0.5) is 5.69 Å². The maximum Gasteiger partial charge on any atom is 0.253 e. The molecule has 1 aromatic rings. The van der Waals surface area contributed by atoms with Crippen molar-refractivity contribution in [1.82, 2.24) is 15.2 Å². The number of hydrogen-bond acceptors (Lipinski definition) is 6. The zero-order chi connectivity index (χ0) is 13.5. The van der Waals surface area contributed by atoms with Crippen LogP contribution < -0.4 is 16.6 Å². The second-order valence-electron chi connectivity index (χ2n) is 4.28. The van der Waals surface area contributed by atoms with Crippen molar-refractivity contribution in [3.63, 3.8) is 0 Å². The number of carbonyl (C=O) groups excluding carboxylic acids is 1. The van der Waals surface area contributed by atoms with Crippen LogP contribution in [-0.2, 0) is 0 Å². The Morgan fingerprint density at radius 3 is 3.00 bits per heavy atom. The van der Waals surface area contributed by atoms with Gasteiger partial charge in [-0.3, -0.25) is 20.5 Å². The third kappa shape index (κ3) is 4.09. The van der Waals surface area contributed by atoms with Crippen molar-refractivity contribution in [2.75, 3.05) is 43.1 Å². The normalized spacial score (nSPS) is 16.1. The number of hydrogen-bond donors (Lipinski definition) is 3. The summed E-state index contributed by atoms with van der Waals surface area (Å²) in [6.07, 6.45) is 3.12. The van der Waals surface area contributed by atoms with E-state index >= 15 is 0 Å². The highest BCUT2D eigenvalue weighted by molar-refractivity contribution is 7.99. The van der Waals surface area contributed by atoms with Gasteiger partial charge in [-0.25, -0.2) is 0 Å². The predicted molar refractivity (Wildman–Crippen MR) is 78.1 cm³/mol. The summed E-state index contributed by atoms with van der Waals surface area (Å²) in [6.45, 7) is 3.75. The number of hydrazine groups is 1. The van der Waals surface area contributed by atoms with Crippen LogP contribution >= 0.6 is 11.8 Å². The SMILES string of the molecule is NNc1cnccc1C(=O)NCCN1CCSCC1. The van der Waals surface area contributed by atoms with Crippen LogP contribution in [0.15, 0.2) is 18.5 Å².